The van der Waals surface area contributed by atoms with Crippen molar-refractivity contribution in [2.45, 2.75) is 19.9 Å². The number of aromatic nitrogens is 2. The fraction of sp³-hybridized carbons (Fsp3) is 0.200. The monoisotopic (exact) mass is 381 g/mol. The average Bonchev–Trinajstić information content (AvgIpc) is 2.68. The molecule has 0 fully saturated rings. The second kappa shape index (κ2) is 7.91. The van der Waals surface area contributed by atoms with Gasteiger partial charge in [-0.05, 0) is 29.3 Å². The SMILES string of the molecule is CCCn1c(N)c(C(=O)COC(=O)c2ccc3ccccc3c2)c(=O)[nH]c1=O. The van der Waals surface area contributed by atoms with Gasteiger partial charge in [-0.1, -0.05) is 37.3 Å². The van der Waals surface area contributed by atoms with Crippen LogP contribution in [0.3, 0.4) is 0 Å². The van der Waals surface area contributed by atoms with Crippen LogP contribution in [0.2, 0.25) is 0 Å². The maximum atomic E-state index is 12.4. The molecule has 0 aliphatic heterocycles. The lowest BCUT2D eigenvalue weighted by atomic mass is 10.1. The summed E-state index contributed by atoms with van der Waals surface area (Å²) >= 11 is 0. The van der Waals surface area contributed by atoms with Crippen LogP contribution in [-0.2, 0) is 11.3 Å². The van der Waals surface area contributed by atoms with Gasteiger partial charge in [0.2, 0.25) is 5.78 Å². The van der Waals surface area contributed by atoms with E-state index in [1.165, 1.54) is 0 Å². The molecule has 0 saturated carbocycles. The van der Waals surface area contributed by atoms with Crippen LogP contribution in [0, 0.1) is 0 Å². The van der Waals surface area contributed by atoms with Gasteiger partial charge in [-0.15, -0.1) is 0 Å². The summed E-state index contributed by atoms with van der Waals surface area (Å²) in [6.45, 7) is 1.41. The molecule has 3 N–H and O–H groups in total. The van der Waals surface area contributed by atoms with Crippen molar-refractivity contribution in [3.63, 3.8) is 0 Å². The summed E-state index contributed by atoms with van der Waals surface area (Å²) in [6, 6.07) is 12.5. The van der Waals surface area contributed by atoms with Gasteiger partial charge in [-0.3, -0.25) is 19.1 Å². The van der Waals surface area contributed by atoms with E-state index in [1.807, 2.05) is 31.2 Å². The number of rotatable bonds is 6. The van der Waals surface area contributed by atoms with Crippen LogP contribution in [0.5, 0.6) is 0 Å². The molecular formula is C20H19N3O5. The quantitative estimate of drug-likeness (QED) is 0.495. The van der Waals surface area contributed by atoms with Crippen LogP contribution in [0.1, 0.15) is 34.1 Å². The first-order valence-electron chi connectivity index (χ1n) is 8.74. The van der Waals surface area contributed by atoms with Crippen molar-refractivity contribution in [3.05, 3.63) is 74.4 Å². The number of aromatic amines is 1. The largest absolute Gasteiger partial charge is 0.454 e. The smallest absolute Gasteiger partial charge is 0.338 e. The average molecular weight is 381 g/mol. The number of nitrogens with zero attached hydrogens (tertiary/aromatic N) is 1. The van der Waals surface area contributed by atoms with Gasteiger partial charge in [-0.25, -0.2) is 9.59 Å². The molecule has 0 radical (unpaired) electrons. The fourth-order valence-electron chi connectivity index (χ4n) is 2.91. The molecule has 0 saturated heterocycles. The number of hydrogen-bond acceptors (Lipinski definition) is 6. The molecule has 0 aliphatic carbocycles. The number of Topliss-reactive ketones (excluding diaryl/α,β-unsaturated/α-hetero) is 1. The summed E-state index contributed by atoms with van der Waals surface area (Å²) in [5, 5.41) is 1.82. The summed E-state index contributed by atoms with van der Waals surface area (Å²) in [5.74, 6) is -1.71. The molecule has 3 rings (SSSR count). The lowest BCUT2D eigenvalue weighted by Gasteiger charge is -2.11. The number of nitrogen functional groups attached to an aromatic ring is 1. The lowest BCUT2D eigenvalue weighted by molar-refractivity contribution is 0.0474. The number of fused-ring (bicyclic) bond motifs is 1. The van der Waals surface area contributed by atoms with Crippen molar-refractivity contribution >= 4 is 28.3 Å². The molecule has 8 heteroatoms. The third-order valence-corrected chi connectivity index (χ3v) is 4.29. The Bertz CT molecular complexity index is 1180. The van der Waals surface area contributed by atoms with E-state index >= 15 is 0 Å². The minimum atomic E-state index is -0.901. The van der Waals surface area contributed by atoms with Crippen molar-refractivity contribution in [1.29, 1.82) is 0 Å². The highest BCUT2D eigenvalue weighted by Crippen LogP contribution is 2.16. The molecule has 0 amide bonds. The van der Waals surface area contributed by atoms with Gasteiger partial charge >= 0.3 is 11.7 Å². The zero-order valence-electron chi connectivity index (χ0n) is 15.2. The summed E-state index contributed by atoms with van der Waals surface area (Å²) in [4.78, 5) is 50.6. The highest BCUT2D eigenvalue weighted by atomic mass is 16.5. The number of hydrogen-bond donors (Lipinski definition) is 2. The van der Waals surface area contributed by atoms with E-state index in [4.69, 9.17) is 10.5 Å². The number of nitrogens with two attached hydrogens (primary N) is 1. The molecule has 2 aromatic carbocycles. The van der Waals surface area contributed by atoms with Crippen LogP contribution < -0.4 is 17.0 Å². The Kier molecular flexibility index (Phi) is 5.39. The summed E-state index contributed by atoms with van der Waals surface area (Å²) in [7, 11) is 0. The number of carbonyl (C=O) groups is 2. The second-order valence-electron chi connectivity index (χ2n) is 6.23. The number of ether oxygens (including phenoxy) is 1. The number of benzene rings is 2. The maximum Gasteiger partial charge on any atom is 0.338 e. The van der Waals surface area contributed by atoms with Crippen molar-refractivity contribution in [2.75, 3.05) is 12.3 Å². The van der Waals surface area contributed by atoms with Crippen molar-refractivity contribution in [2.24, 2.45) is 0 Å². The van der Waals surface area contributed by atoms with Gasteiger partial charge in [0.15, 0.2) is 6.61 Å². The van der Waals surface area contributed by atoms with Crippen LogP contribution in [0.4, 0.5) is 5.82 Å². The number of nitrogens with one attached hydrogen (secondary N) is 1. The second-order valence-corrected chi connectivity index (χ2v) is 6.23. The van der Waals surface area contributed by atoms with Gasteiger partial charge in [0.1, 0.15) is 11.4 Å². The number of H-pyrrole nitrogens is 1. The molecule has 8 nitrogen and oxygen atoms in total. The highest BCUT2D eigenvalue weighted by Gasteiger charge is 2.21. The molecule has 1 heterocycles. The first-order chi connectivity index (χ1) is 13.4. The van der Waals surface area contributed by atoms with Gasteiger partial charge in [0.05, 0.1) is 5.56 Å². The number of anilines is 1. The molecule has 0 spiro atoms. The minimum Gasteiger partial charge on any atom is -0.454 e. The Morgan fingerprint density at radius 2 is 1.82 bits per heavy atom. The predicted octanol–water partition coefficient (Wildman–Crippen LogP) is 1.72. The van der Waals surface area contributed by atoms with Crippen LogP contribution in [0.25, 0.3) is 10.8 Å². The van der Waals surface area contributed by atoms with Crippen molar-refractivity contribution in [3.8, 4) is 0 Å². The molecule has 144 valence electrons. The number of esters is 1. The van der Waals surface area contributed by atoms with E-state index in [0.29, 0.717) is 6.42 Å². The Morgan fingerprint density at radius 1 is 1.11 bits per heavy atom. The van der Waals surface area contributed by atoms with E-state index in [9.17, 15) is 19.2 Å². The van der Waals surface area contributed by atoms with Gasteiger partial charge in [0.25, 0.3) is 5.56 Å². The van der Waals surface area contributed by atoms with Gasteiger partial charge in [0, 0.05) is 6.54 Å². The Morgan fingerprint density at radius 3 is 2.54 bits per heavy atom. The van der Waals surface area contributed by atoms with E-state index in [0.717, 1.165) is 15.3 Å². The Hall–Kier alpha value is -3.68. The number of carbonyl (C=O) groups excluding carboxylic acids is 2. The molecule has 1 aromatic heterocycles. The fourth-order valence-corrected chi connectivity index (χ4v) is 2.91. The van der Waals surface area contributed by atoms with Crippen LogP contribution in [-0.4, -0.2) is 27.9 Å². The van der Waals surface area contributed by atoms with Crippen LogP contribution in [0.15, 0.2) is 52.1 Å². The summed E-state index contributed by atoms with van der Waals surface area (Å²) in [6.07, 6.45) is 0.584. The van der Waals surface area contributed by atoms with Crippen LogP contribution >= 0.6 is 0 Å². The third-order valence-electron chi connectivity index (χ3n) is 4.29. The van der Waals surface area contributed by atoms with Gasteiger partial charge in [-0.2, -0.15) is 0 Å². The molecule has 0 aliphatic rings. The van der Waals surface area contributed by atoms with E-state index in [1.54, 1.807) is 18.2 Å². The zero-order valence-corrected chi connectivity index (χ0v) is 15.2. The standard InChI is InChI=1S/C20H19N3O5/c1-2-9-23-17(21)16(18(25)22-20(23)27)15(24)11-28-19(26)14-8-7-12-5-3-4-6-13(12)10-14/h3-8,10H,2,9,11,21H2,1H3,(H,22,25,27). The molecule has 3 aromatic rings. The normalized spacial score (nSPS) is 10.8. The van der Waals surface area contributed by atoms with Crippen molar-refractivity contribution < 1.29 is 14.3 Å². The first kappa shape index (κ1) is 19.1. The minimum absolute atomic E-state index is 0.234. The molecule has 28 heavy (non-hydrogen) atoms. The lowest BCUT2D eigenvalue weighted by Crippen LogP contribution is -2.37. The predicted molar refractivity (Wildman–Crippen MR) is 105 cm³/mol. The molecule has 0 bridgehead atoms. The highest BCUT2D eigenvalue weighted by molar-refractivity contribution is 6.02. The van der Waals surface area contributed by atoms with E-state index < -0.39 is 29.6 Å². The van der Waals surface area contributed by atoms with E-state index in [-0.39, 0.29) is 23.5 Å². The van der Waals surface area contributed by atoms with E-state index in [2.05, 4.69) is 4.98 Å². The molecule has 0 unspecified atom stereocenters. The Labute approximate surface area is 159 Å². The Balaban J connectivity index is 1.80. The zero-order chi connectivity index (χ0) is 20.3. The molecule has 0 atom stereocenters. The number of ketones is 1. The topological polar surface area (TPSA) is 124 Å². The first-order valence-corrected chi connectivity index (χ1v) is 8.74. The molecular weight excluding hydrogens is 362 g/mol. The van der Waals surface area contributed by atoms with Crippen molar-refractivity contribution in [1.82, 2.24) is 9.55 Å². The summed E-state index contributed by atoms with van der Waals surface area (Å²) in [5.41, 5.74) is 4.14. The summed E-state index contributed by atoms with van der Waals surface area (Å²) < 4.78 is 6.16. The maximum absolute atomic E-state index is 12.4. The van der Waals surface area contributed by atoms with Gasteiger partial charge < -0.3 is 10.5 Å². The third kappa shape index (κ3) is 3.71.